The van der Waals surface area contributed by atoms with Crippen LogP contribution >= 0.6 is 0 Å². The Morgan fingerprint density at radius 3 is 2.94 bits per heavy atom. The van der Waals surface area contributed by atoms with Gasteiger partial charge in [-0.1, -0.05) is 18.2 Å². The summed E-state index contributed by atoms with van der Waals surface area (Å²) in [5, 5.41) is 3.28. The molecule has 1 aliphatic rings. The fourth-order valence-electron chi connectivity index (χ4n) is 2.54. The van der Waals surface area contributed by atoms with Crippen molar-refractivity contribution in [2.24, 2.45) is 0 Å². The highest BCUT2D eigenvalue weighted by molar-refractivity contribution is 5.18. The summed E-state index contributed by atoms with van der Waals surface area (Å²) in [4.78, 5) is 0. The fourth-order valence-corrected chi connectivity index (χ4v) is 2.54. The van der Waals surface area contributed by atoms with E-state index in [0.29, 0.717) is 12.1 Å². The minimum absolute atomic E-state index is 0.102. The number of likely N-dealkylation sites (N-methyl/N-ethyl adjacent to an activating group) is 1. The van der Waals surface area contributed by atoms with Crippen LogP contribution in [0.15, 0.2) is 24.3 Å². The zero-order chi connectivity index (χ0) is 12.8. The zero-order valence-corrected chi connectivity index (χ0v) is 11.0. The third-order valence-corrected chi connectivity index (χ3v) is 3.69. The van der Waals surface area contributed by atoms with E-state index in [0.717, 1.165) is 31.4 Å². The molecule has 1 aliphatic heterocycles. The van der Waals surface area contributed by atoms with E-state index in [1.165, 1.54) is 18.9 Å². The van der Waals surface area contributed by atoms with Crippen molar-refractivity contribution in [1.82, 2.24) is 5.32 Å². The topological polar surface area (TPSA) is 21.3 Å². The number of nitrogens with one attached hydrogen (secondary N) is 1. The molecule has 0 bridgehead atoms. The van der Waals surface area contributed by atoms with Crippen LogP contribution < -0.4 is 5.32 Å². The molecule has 1 N–H and O–H groups in total. The average molecular weight is 251 g/mol. The van der Waals surface area contributed by atoms with Gasteiger partial charge in [0.2, 0.25) is 0 Å². The lowest BCUT2D eigenvalue weighted by molar-refractivity contribution is 0.0998. The van der Waals surface area contributed by atoms with Gasteiger partial charge in [-0.3, -0.25) is 0 Å². The Labute approximate surface area is 109 Å². The summed E-state index contributed by atoms with van der Waals surface area (Å²) in [6.45, 7) is 0.905. The van der Waals surface area contributed by atoms with Crippen LogP contribution in [-0.4, -0.2) is 25.8 Å². The molecule has 2 atom stereocenters. The molecule has 2 nitrogen and oxygen atoms in total. The first-order valence-electron chi connectivity index (χ1n) is 6.82. The molecule has 0 aromatic heterocycles. The van der Waals surface area contributed by atoms with Crippen molar-refractivity contribution in [3.05, 3.63) is 35.6 Å². The number of halogens is 1. The van der Waals surface area contributed by atoms with Crippen LogP contribution in [0.4, 0.5) is 4.39 Å². The monoisotopic (exact) mass is 251 g/mol. The SMILES string of the molecule is CNC(CCC1CCCO1)Cc1ccccc1F. The molecule has 1 aromatic carbocycles. The van der Waals surface area contributed by atoms with E-state index in [1.807, 2.05) is 19.2 Å². The van der Waals surface area contributed by atoms with Crippen LogP contribution in [0.2, 0.25) is 0 Å². The van der Waals surface area contributed by atoms with Crippen LogP contribution in [-0.2, 0) is 11.2 Å². The van der Waals surface area contributed by atoms with Crippen LogP contribution in [0, 0.1) is 5.82 Å². The van der Waals surface area contributed by atoms with Gasteiger partial charge in [-0.15, -0.1) is 0 Å². The number of hydrogen-bond donors (Lipinski definition) is 1. The second-order valence-electron chi connectivity index (χ2n) is 4.99. The van der Waals surface area contributed by atoms with Gasteiger partial charge in [0, 0.05) is 12.6 Å². The van der Waals surface area contributed by atoms with E-state index in [2.05, 4.69) is 5.32 Å². The summed E-state index contributed by atoms with van der Waals surface area (Å²) < 4.78 is 19.2. The molecule has 18 heavy (non-hydrogen) atoms. The maximum atomic E-state index is 13.6. The second-order valence-corrected chi connectivity index (χ2v) is 4.99. The maximum absolute atomic E-state index is 13.6. The highest BCUT2D eigenvalue weighted by Gasteiger charge is 2.18. The van der Waals surface area contributed by atoms with Crippen LogP contribution in [0.3, 0.4) is 0 Å². The molecule has 0 aliphatic carbocycles. The number of rotatable bonds is 6. The molecular formula is C15H22FNO. The number of ether oxygens (including phenoxy) is 1. The molecule has 1 heterocycles. The first kappa shape index (κ1) is 13.5. The van der Waals surface area contributed by atoms with Gasteiger partial charge in [-0.25, -0.2) is 4.39 Å². The summed E-state index contributed by atoms with van der Waals surface area (Å²) in [6.07, 6.45) is 5.63. The van der Waals surface area contributed by atoms with Gasteiger partial charge in [0.05, 0.1) is 6.10 Å². The molecule has 0 amide bonds. The van der Waals surface area contributed by atoms with Crippen molar-refractivity contribution in [2.75, 3.05) is 13.7 Å². The fraction of sp³-hybridized carbons (Fsp3) is 0.600. The Morgan fingerprint density at radius 1 is 1.44 bits per heavy atom. The number of benzene rings is 1. The Balaban J connectivity index is 1.83. The number of hydrogen-bond acceptors (Lipinski definition) is 2. The van der Waals surface area contributed by atoms with E-state index in [4.69, 9.17) is 4.74 Å². The Hall–Kier alpha value is -0.930. The lowest BCUT2D eigenvalue weighted by Gasteiger charge is -2.18. The predicted octanol–water partition coefficient (Wildman–Crippen LogP) is 2.92. The van der Waals surface area contributed by atoms with E-state index in [1.54, 1.807) is 6.07 Å². The minimum Gasteiger partial charge on any atom is -0.378 e. The van der Waals surface area contributed by atoms with Crippen molar-refractivity contribution in [3.8, 4) is 0 Å². The standard InChI is InChI=1S/C15H22FNO/c1-17-13(8-9-14-6-4-10-18-14)11-12-5-2-3-7-15(12)16/h2-3,5,7,13-14,17H,4,6,8-11H2,1H3. The van der Waals surface area contributed by atoms with Gasteiger partial charge < -0.3 is 10.1 Å². The van der Waals surface area contributed by atoms with E-state index < -0.39 is 0 Å². The van der Waals surface area contributed by atoms with Gasteiger partial charge in [-0.2, -0.15) is 0 Å². The molecule has 1 aromatic rings. The highest BCUT2D eigenvalue weighted by Crippen LogP contribution is 2.19. The summed E-state index contributed by atoms with van der Waals surface area (Å²) in [5.41, 5.74) is 0.796. The molecule has 2 unspecified atom stereocenters. The average Bonchev–Trinajstić information content (AvgIpc) is 2.90. The normalized spacial score (nSPS) is 21.1. The predicted molar refractivity (Wildman–Crippen MR) is 71.2 cm³/mol. The van der Waals surface area contributed by atoms with Gasteiger partial charge in [0.15, 0.2) is 0 Å². The van der Waals surface area contributed by atoms with Crippen molar-refractivity contribution in [3.63, 3.8) is 0 Å². The smallest absolute Gasteiger partial charge is 0.126 e. The van der Waals surface area contributed by atoms with Gasteiger partial charge in [0.25, 0.3) is 0 Å². The molecule has 0 spiro atoms. The maximum Gasteiger partial charge on any atom is 0.126 e. The largest absolute Gasteiger partial charge is 0.378 e. The Bertz CT molecular complexity index is 363. The molecule has 100 valence electrons. The quantitative estimate of drug-likeness (QED) is 0.839. The molecular weight excluding hydrogens is 229 g/mol. The van der Waals surface area contributed by atoms with Crippen LogP contribution in [0.5, 0.6) is 0 Å². The summed E-state index contributed by atoms with van der Waals surface area (Å²) in [7, 11) is 1.95. The van der Waals surface area contributed by atoms with Crippen molar-refractivity contribution < 1.29 is 9.13 Å². The molecule has 1 saturated heterocycles. The van der Waals surface area contributed by atoms with E-state index in [9.17, 15) is 4.39 Å². The second kappa shape index (κ2) is 6.86. The summed E-state index contributed by atoms with van der Waals surface area (Å²) in [5.74, 6) is -0.102. The van der Waals surface area contributed by atoms with Crippen molar-refractivity contribution in [2.45, 2.75) is 44.2 Å². The molecule has 0 saturated carbocycles. The zero-order valence-electron chi connectivity index (χ0n) is 11.0. The van der Waals surface area contributed by atoms with Gasteiger partial charge in [-0.05, 0) is 50.8 Å². The van der Waals surface area contributed by atoms with E-state index >= 15 is 0 Å². The minimum atomic E-state index is -0.102. The van der Waals surface area contributed by atoms with Gasteiger partial charge in [0.1, 0.15) is 5.82 Å². The summed E-state index contributed by atoms with van der Waals surface area (Å²) in [6, 6.07) is 7.35. The first-order chi connectivity index (χ1) is 8.79. The molecule has 0 radical (unpaired) electrons. The van der Waals surface area contributed by atoms with Crippen LogP contribution in [0.1, 0.15) is 31.2 Å². The van der Waals surface area contributed by atoms with Gasteiger partial charge >= 0.3 is 0 Å². The Kier molecular flexibility index (Phi) is 5.14. The first-order valence-corrected chi connectivity index (χ1v) is 6.82. The third-order valence-electron chi connectivity index (χ3n) is 3.69. The molecule has 1 fully saturated rings. The molecule has 3 heteroatoms. The summed E-state index contributed by atoms with van der Waals surface area (Å²) >= 11 is 0. The van der Waals surface area contributed by atoms with Crippen molar-refractivity contribution >= 4 is 0 Å². The Morgan fingerprint density at radius 2 is 2.28 bits per heavy atom. The lowest BCUT2D eigenvalue weighted by Crippen LogP contribution is -2.29. The lowest BCUT2D eigenvalue weighted by atomic mass is 9.99. The van der Waals surface area contributed by atoms with Crippen LogP contribution in [0.25, 0.3) is 0 Å². The highest BCUT2D eigenvalue weighted by atomic mass is 19.1. The van der Waals surface area contributed by atoms with Crippen molar-refractivity contribution in [1.29, 1.82) is 0 Å². The third kappa shape index (κ3) is 3.79. The van der Waals surface area contributed by atoms with E-state index in [-0.39, 0.29) is 5.82 Å². The molecule has 2 rings (SSSR count).